The van der Waals surface area contributed by atoms with Crippen molar-refractivity contribution >= 4 is 45.9 Å². The molecule has 1 saturated carbocycles. The molecule has 7 heterocycles. The van der Waals surface area contributed by atoms with Crippen LogP contribution in [-0.2, 0) is 27.8 Å². The van der Waals surface area contributed by atoms with Crippen molar-refractivity contribution in [2.24, 2.45) is 18.9 Å². The third-order valence-electron chi connectivity index (χ3n) is 13.5. The maximum absolute atomic E-state index is 14.3. The molecule has 3 aliphatic heterocycles. The molecule has 9 rings (SSSR count). The highest BCUT2D eigenvalue weighted by Gasteiger charge is 2.33. The van der Waals surface area contributed by atoms with Gasteiger partial charge in [-0.3, -0.25) is 33.5 Å². The van der Waals surface area contributed by atoms with Gasteiger partial charge in [-0.15, -0.1) is 0 Å². The molecule has 5 aromatic rings. The van der Waals surface area contributed by atoms with Gasteiger partial charge in [-0.1, -0.05) is 18.6 Å². The molecular formula is C44H55F2N11O5. The Labute approximate surface area is 357 Å². The number of nitrogens with one attached hydrogen (secondary N) is 2. The number of carbonyl (C=O) groups excluding carboxylic acids is 3. The van der Waals surface area contributed by atoms with E-state index >= 15 is 0 Å². The van der Waals surface area contributed by atoms with E-state index in [2.05, 4.69) is 36.7 Å². The van der Waals surface area contributed by atoms with Gasteiger partial charge in [0.15, 0.2) is 11.3 Å². The predicted octanol–water partition coefficient (Wildman–Crippen LogP) is 5.44. The number of nitrogens with zero attached hydrogens (tertiary/aromatic N) is 9. The number of halogens is 2. The van der Waals surface area contributed by atoms with Crippen LogP contribution in [0, 0.1) is 11.8 Å². The summed E-state index contributed by atoms with van der Waals surface area (Å²) >= 11 is 0. The first-order valence-corrected chi connectivity index (χ1v) is 22.2. The number of rotatable bonds is 12. The number of piperidine rings is 2. The average Bonchev–Trinajstić information content (AvgIpc) is 3.88. The van der Waals surface area contributed by atoms with E-state index < -0.39 is 30.0 Å². The van der Waals surface area contributed by atoms with Gasteiger partial charge in [0.05, 0.1) is 35.6 Å². The standard InChI is InChI=1S/C44H55F2N11O5/c1-52-39-30(7-3-8-34(39)57(44(52)61)35-13-14-37(58)50-43(35)60)6-2-5-28-15-19-53(20-16-28)26-29-9-11-31(12-10-29)56-27-33(38(51-56)40(45)46)48-42(59)32-25-47-55-21-17-36(49-41(32)55)54-18-4-23-62-24-22-54/h3,7-8,17,21,25,27-29,31,35,40H,2,4-6,9-16,18-20,22-24,26H2,1H3,(H,48,59)(H,50,58,60)/t29-,31-,35?. The van der Waals surface area contributed by atoms with Crippen molar-refractivity contribution < 1.29 is 27.9 Å². The van der Waals surface area contributed by atoms with Gasteiger partial charge in [0.1, 0.15) is 17.4 Å². The molecule has 1 atom stereocenters. The van der Waals surface area contributed by atoms with E-state index in [4.69, 9.17) is 9.72 Å². The van der Waals surface area contributed by atoms with E-state index in [1.807, 2.05) is 18.2 Å². The van der Waals surface area contributed by atoms with Crippen LogP contribution in [0.3, 0.4) is 0 Å². The van der Waals surface area contributed by atoms with Crippen LogP contribution in [0.1, 0.15) is 111 Å². The Morgan fingerprint density at radius 3 is 2.60 bits per heavy atom. The highest BCUT2D eigenvalue weighted by molar-refractivity contribution is 6.08. The molecule has 4 aliphatic rings. The van der Waals surface area contributed by atoms with E-state index in [9.17, 15) is 28.0 Å². The molecule has 4 fully saturated rings. The molecule has 0 bridgehead atoms. The first kappa shape index (κ1) is 41.8. The number of benzene rings is 1. The van der Waals surface area contributed by atoms with Crippen molar-refractivity contribution in [3.63, 3.8) is 0 Å². The average molecular weight is 856 g/mol. The van der Waals surface area contributed by atoms with Crippen molar-refractivity contribution in [1.29, 1.82) is 0 Å². The van der Waals surface area contributed by atoms with Crippen LogP contribution in [0.2, 0.25) is 0 Å². The third-order valence-corrected chi connectivity index (χ3v) is 13.5. The largest absolute Gasteiger partial charge is 0.380 e. The lowest BCUT2D eigenvalue weighted by Crippen LogP contribution is -2.44. The monoisotopic (exact) mass is 855 g/mol. The van der Waals surface area contributed by atoms with E-state index in [0.29, 0.717) is 49.5 Å². The quantitative estimate of drug-likeness (QED) is 0.155. The molecule has 16 nitrogen and oxygen atoms in total. The Bertz CT molecular complexity index is 2490. The number of hydrogen-bond donors (Lipinski definition) is 2. The lowest BCUT2D eigenvalue weighted by Gasteiger charge is -2.36. The minimum atomic E-state index is -2.85. The molecule has 62 heavy (non-hydrogen) atoms. The number of hydrogen-bond acceptors (Lipinski definition) is 10. The second-order valence-electron chi connectivity index (χ2n) is 17.5. The molecule has 1 aromatic carbocycles. The summed E-state index contributed by atoms with van der Waals surface area (Å²) in [4.78, 5) is 60.6. The summed E-state index contributed by atoms with van der Waals surface area (Å²) in [6.07, 6.45) is 12.1. The van der Waals surface area contributed by atoms with Crippen molar-refractivity contribution in [3.8, 4) is 0 Å². The lowest BCUT2D eigenvalue weighted by atomic mass is 9.84. The zero-order valence-electron chi connectivity index (χ0n) is 35.2. The van der Waals surface area contributed by atoms with E-state index in [1.54, 1.807) is 33.3 Å². The predicted molar refractivity (Wildman–Crippen MR) is 227 cm³/mol. The summed E-state index contributed by atoms with van der Waals surface area (Å²) in [6.45, 7) is 5.87. The number of amides is 3. The second-order valence-corrected chi connectivity index (χ2v) is 17.5. The van der Waals surface area contributed by atoms with Crippen molar-refractivity contribution in [2.75, 3.05) is 56.2 Å². The summed E-state index contributed by atoms with van der Waals surface area (Å²) in [5.74, 6) is 0.576. The molecule has 1 unspecified atom stereocenters. The third kappa shape index (κ3) is 8.63. The Morgan fingerprint density at radius 2 is 1.81 bits per heavy atom. The number of imidazole rings is 1. The van der Waals surface area contributed by atoms with Crippen LogP contribution >= 0.6 is 0 Å². The van der Waals surface area contributed by atoms with Gasteiger partial charge in [-0.2, -0.15) is 10.2 Å². The fourth-order valence-corrected chi connectivity index (χ4v) is 10.2. The van der Waals surface area contributed by atoms with Gasteiger partial charge in [0, 0.05) is 52.1 Å². The van der Waals surface area contributed by atoms with E-state index in [-0.39, 0.29) is 35.3 Å². The molecule has 0 radical (unpaired) electrons. The zero-order valence-corrected chi connectivity index (χ0v) is 35.2. The van der Waals surface area contributed by atoms with Crippen LogP contribution in [-0.4, -0.2) is 102 Å². The number of imide groups is 1. The maximum atomic E-state index is 14.3. The van der Waals surface area contributed by atoms with Gasteiger partial charge in [-0.25, -0.2) is 23.1 Å². The minimum Gasteiger partial charge on any atom is -0.380 e. The van der Waals surface area contributed by atoms with E-state index in [1.165, 1.54) is 10.7 Å². The summed E-state index contributed by atoms with van der Waals surface area (Å²) in [6, 6.07) is 7.03. The van der Waals surface area contributed by atoms with Crippen LogP contribution in [0.25, 0.3) is 16.7 Å². The second kappa shape index (κ2) is 18.1. The van der Waals surface area contributed by atoms with Gasteiger partial charge < -0.3 is 19.9 Å². The van der Waals surface area contributed by atoms with Gasteiger partial charge in [0.2, 0.25) is 11.8 Å². The number of alkyl halides is 2. The molecule has 3 saturated heterocycles. The number of aromatic nitrogens is 7. The fraction of sp³-hybridized carbons (Fsp3) is 0.568. The SMILES string of the molecule is Cn1c(=O)n(C2CCC(=O)NC2=O)c2cccc(CCCC3CCN(C[C@H]4CC[C@H](n5cc(NC(=O)c6cnn7ccc(N8CCCOCC8)nc67)c(C(F)F)n5)CC4)CC3)c21. The van der Waals surface area contributed by atoms with Crippen LogP contribution in [0.5, 0.6) is 0 Å². The molecule has 2 N–H and O–H groups in total. The van der Waals surface area contributed by atoms with Gasteiger partial charge in [0.25, 0.3) is 12.3 Å². The Hall–Kier alpha value is -5.49. The number of anilines is 2. The molecule has 3 amide bonds. The fourth-order valence-electron chi connectivity index (χ4n) is 10.2. The number of carbonyl (C=O) groups is 3. The normalized spacial score (nSPS) is 22.1. The Balaban J connectivity index is 0.748. The molecule has 4 aromatic heterocycles. The molecule has 1 aliphatic carbocycles. The Morgan fingerprint density at radius 1 is 0.984 bits per heavy atom. The first-order valence-electron chi connectivity index (χ1n) is 22.2. The van der Waals surface area contributed by atoms with Crippen LogP contribution < -0.4 is 21.2 Å². The van der Waals surface area contributed by atoms with Crippen molar-refractivity contribution in [1.82, 2.24) is 43.7 Å². The number of para-hydroxylation sites is 1. The number of likely N-dealkylation sites (tertiary alicyclic amines) is 1. The molecular weight excluding hydrogens is 801 g/mol. The number of fused-ring (bicyclic) bond motifs is 2. The Kier molecular flexibility index (Phi) is 12.2. The lowest BCUT2D eigenvalue weighted by molar-refractivity contribution is -0.135. The number of ether oxygens (including phenoxy) is 1. The topological polar surface area (TPSA) is 166 Å². The molecule has 18 heteroatoms. The van der Waals surface area contributed by atoms with E-state index in [0.717, 1.165) is 107 Å². The van der Waals surface area contributed by atoms with Gasteiger partial charge in [-0.05, 0) is 107 Å². The maximum Gasteiger partial charge on any atom is 0.329 e. The zero-order chi connectivity index (χ0) is 42.9. The van der Waals surface area contributed by atoms with Gasteiger partial charge >= 0.3 is 5.69 Å². The summed E-state index contributed by atoms with van der Waals surface area (Å²) < 4.78 is 40.5. The highest BCUT2D eigenvalue weighted by Crippen LogP contribution is 2.36. The summed E-state index contributed by atoms with van der Waals surface area (Å²) in [7, 11) is 1.75. The highest BCUT2D eigenvalue weighted by atomic mass is 19.3. The minimum absolute atomic E-state index is 0.00158. The summed E-state index contributed by atoms with van der Waals surface area (Å²) in [5.41, 5.74) is 2.54. The van der Waals surface area contributed by atoms with Crippen LogP contribution in [0.15, 0.2) is 47.7 Å². The first-order chi connectivity index (χ1) is 30.1. The van der Waals surface area contributed by atoms with Crippen molar-refractivity contribution in [2.45, 2.75) is 95.6 Å². The molecule has 0 spiro atoms. The van der Waals surface area contributed by atoms with Crippen molar-refractivity contribution in [3.05, 3.63) is 70.2 Å². The number of aryl methyl sites for hydroxylation is 2. The van der Waals surface area contributed by atoms with Crippen LogP contribution in [0.4, 0.5) is 20.3 Å². The summed E-state index contributed by atoms with van der Waals surface area (Å²) in [5, 5.41) is 13.7. The smallest absolute Gasteiger partial charge is 0.329 e. The molecule has 330 valence electrons.